The van der Waals surface area contributed by atoms with Gasteiger partial charge in [0.25, 0.3) is 0 Å². The van der Waals surface area contributed by atoms with Gasteiger partial charge in [0.1, 0.15) is 6.10 Å². The van der Waals surface area contributed by atoms with Crippen LogP contribution < -0.4 is 4.90 Å². The number of hydrogen-bond donors (Lipinski definition) is 0. The maximum absolute atomic E-state index is 13.9. The van der Waals surface area contributed by atoms with Crippen molar-refractivity contribution in [3.8, 4) is 0 Å². The first kappa shape index (κ1) is 18.0. The molecule has 5 nitrogen and oxygen atoms in total. The van der Waals surface area contributed by atoms with Crippen molar-refractivity contribution in [1.82, 2.24) is 4.90 Å². The molecule has 0 aromatic heterocycles. The first-order valence-corrected chi connectivity index (χ1v) is 10.3. The fourth-order valence-corrected chi connectivity index (χ4v) is 5.07. The van der Waals surface area contributed by atoms with Gasteiger partial charge >= 0.3 is 12.0 Å². The highest BCUT2D eigenvalue weighted by Gasteiger charge is 2.46. The van der Waals surface area contributed by atoms with Crippen LogP contribution in [0, 0.1) is 0 Å². The number of piperidine rings is 1. The number of carbonyl (C=O) groups excluding carboxylic acids is 2. The molecule has 0 saturated carbocycles. The number of fused-ring (bicyclic) bond motifs is 4. The molecule has 3 aliphatic rings. The summed E-state index contributed by atoms with van der Waals surface area (Å²) in [4.78, 5) is 29.2. The van der Waals surface area contributed by atoms with Crippen molar-refractivity contribution in [2.24, 2.45) is 0 Å². The molecule has 2 aromatic carbocycles. The Morgan fingerprint density at radius 3 is 1.90 bits per heavy atom. The molecule has 2 aromatic rings. The predicted octanol–water partition coefficient (Wildman–Crippen LogP) is 4.99. The molecular formula is C24H24N2O3. The number of esters is 1. The Labute approximate surface area is 170 Å². The zero-order valence-electron chi connectivity index (χ0n) is 16.5. The Morgan fingerprint density at radius 2 is 1.38 bits per heavy atom. The third kappa shape index (κ3) is 3.11. The summed E-state index contributed by atoms with van der Waals surface area (Å²) in [5, 5.41) is 0. The van der Waals surface area contributed by atoms with Gasteiger partial charge in [-0.15, -0.1) is 0 Å². The first-order chi connectivity index (χ1) is 14.1. The molecule has 3 aliphatic heterocycles. The predicted molar refractivity (Wildman–Crippen MR) is 113 cm³/mol. The van der Waals surface area contributed by atoms with Crippen LogP contribution in [0.2, 0.25) is 0 Å². The molecule has 3 heterocycles. The van der Waals surface area contributed by atoms with Crippen LogP contribution >= 0.6 is 0 Å². The van der Waals surface area contributed by atoms with E-state index in [1.165, 1.54) is 6.92 Å². The van der Waals surface area contributed by atoms with E-state index in [4.69, 9.17) is 4.74 Å². The Balaban J connectivity index is 1.52. The van der Waals surface area contributed by atoms with Gasteiger partial charge in [0.2, 0.25) is 0 Å². The van der Waals surface area contributed by atoms with Crippen LogP contribution in [0.25, 0.3) is 12.2 Å². The number of amides is 2. The highest BCUT2D eigenvalue weighted by Crippen LogP contribution is 2.42. The van der Waals surface area contributed by atoms with Crippen LogP contribution in [-0.2, 0) is 9.53 Å². The molecule has 0 N–H and O–H groups in total. The van der Waals surface area contributed by atoms with E-state index < -0.39 is 0 Å². The summed E-state index contributed by atoms with van der Waals surface area (Å²) in [6, 6.07) is 16.3. The van der Waals surface area contributed by atoms with E-state index >= 15 is 0 Å². The van der Waals surface area contributed by atoms with Crippen LogP contribution in [0.4, 0.5) is 16.2 Å². The lowest BCUT2D eigenvalue weighted by Gasteiger charge is -2.41. The minimum absolute atomic E-state index is 0.0161. The van der Waals surface area contributed by atoms with Crippen molar-refractivity contribution in [1.29, 1.82) is 0 Å². The van der Waals surface area contributed by atoms with E-state index in [1.54, 1.807) is 0 Å². The fourth-order valence-electron chi connectivity index (χ4n) is 5.07. The average molecular weight is 388 g/mol. The van der Waals surface area contributed by atoms with Gasteiger partial charge < -0.3 is 9.64 Å². The monoisotopic (exact) mass is 388 g/mol. The molecular weight excluding hydrogens is 364 g/mol. The van der Waals surface area contributed by atoms with Gasteiger partial charge in [-0.05, 0) is 36.1 Å². The van der Waals surface area contributed by atoms with Gasteiger partial charge in [0, 0.05) is 31.8 Å². The second-order valence-corrected chi connectivity index (χ2v) is 8.06. The van der Waals surface area contributed by atoms with Crippen LogP contribution in [0.15, 0.2) is 48.5 Å². The van der Waals surface area contributed by atoms with Crippen molar-refractivity contribution in [3.63, 3.8) is 0 Å². The molecule has 5 heteroatoms. The smallest absolute Gasteiger partial charge is 0.329 e. The molecule has 2 fully saturated rings. The molecule has 148 valence electrons. The fraction of sp³-hybridized carbons (Fsp3) is 0.333. The summed E-state index contributed by atoms with van der Waals surface area (Å²) in [6.45, 7) is 1.46. The molecule has 2 saturated heterocycles. The Morgan fingerprint density at radius 1 is 0.862 bits per heavy atom. The van der Waals surface area contributed by atoms with Gasteiger partial charge in [-0.3, -0.25) is 9.69 Å². The molecule has 2 amide bonds. The van der Waals surface area contributed by atoms with Gasteiger partial charge in [-0.1, -0.05) is 48.6 Å². The average Bonchev–Trinajstić information content (AvgIpc) is 2.88. The van der Waals surface area contributed by atoms with Crippen LogP contribution in [0.3, 0.4) is 0 Å². The number of para-hydroxylation sites is 2. The zero-order chi connectivity index (χ0) is 20.0. The highest BCUT2D eigenvalue weighted by atomic mass is 16.5. The van der Waals surface area contributed by atoms with E-state index in [0.717, 1.165) is 48.2 Å². The zero-order valence-corrected chi connectivity index (χ0v) is 16.5. The van der Waals surface area contributed by atoms with Gasteiger partial charge in [-0.2, -0.15) is 0 Å². The molecule has 0 spiro atoms. The van der Waals surface area contributed by atoms with E-state index in [1.807, 2.05) is 58.3 Å². The van der Waals surface area contributed by atoms with Crippen molar-refractivity contribution >= 4 is 35.5 Å². The summed E-state index contributed by atoms with van der Waals surface area (Å²) in [7, 11) is 0. The standard InChI is InChI=1S/C24H24N2O3/c1-16(27)29-21-14-19-12-13-20(15-21)25(19)24(28)26-22-8-4-2-6-17(22)10-11-18-7-3-5-9-23(18)26/h2-11,19-21H,12-15H2,1H3/t19-,20-/m1/s1. The van der Waals surface area contributed by atoms with Crippen LogP contribution in [0.5, 0.6) is 0 Å². The number of nitrogens with zero attached hydrogens (tertiary/aromatic N) is 2. The number of benzene rings is 2. The minimum atomic E-state index is -0.240. The third-order valence-electron chi connectivity index (χ3n) is 6.23. The quantitative estimate of drug-likeness (QED) is 0.647. The number of ether oxygens (including phenoxy) is 1. The van der Waals surface area contributed by atoms with Crippen molar-refractivity contribution < 1.29 is 14.3 Å². The van der Waals surface area contributed by atoms with Crippen molar-refractivity contribution in [2.75, 3.05) is 4.90 Å². The Hall–Kier alpha value is -3.08. The largest absolute Gasteiger partial charge is 0.462 e. The molecule has 29 heavy (non-hydrogen) atoms. The maximum atomic E-state index is 13.9. The summed E-state index contributed by atoms with van der Waals surface area (Å²) < 4.78 is 5.48. The van der Waals surface area contributed by atoms with E-state index in [2.05, 4.69) is 12.2 Å². The van der Waals surface area contributed by atoms with E-state index in [9.17, 15) is 9.59 Å². The van der Waals surface area contributed by atoms with E-state index in [0.29, 0.717) is 0 Å². The second-order valence-electron chi connectivity index (χ2n) is 8.06. The van der Waals surface area contributed by atoms with Gasteiger partial charge in [0.15, 0.2) is 0 Å². The van der Waals surface area contributed by atoms with Crippen molar-refractivity contribution in [2.45, 2.75) is 50.8 Å². The van der Waals surface area contributed by atoms with Gasteiger partial charge in [-0.25, -0.2) is 4.79 Å². The number of urea groups is 1. The lowest BCUT2D eigenvalue weighted by atomic mass is 10.00. The molecule has 0 aliphatic carbocycles. The molecule has 2 atom stereocenters. The van der Waals surface area contributed by atoms with Crippen LogP contribution in [-0.4, -0.2) is 35.1 Å². The first-order valence-electron chi connectivity index (χ1n) is 10.3. The molecule has 0 radical (unpaired) electrons. The lowest BCUT2D eigenvalue weighted by Crippen LogP contribution is -2.53. The SMILES string of the molecule is CC(=O)OC1C[C@H]2CC[C@H](C1)N2C(=O)N1c2ccccc2C=Cc2ccccc21. The summed E-state index contributed by atoms with van der Waals surface area (Å²) in [5.41, 5.74) is 3.86. The van der Waals surface area contributed by atoms with Crippen LogP contribution in [0.1, 0.15) is 43.7 Å². The molecule has 0 unspecified atom stereocenters. The normalized spacial score (nSPS) is 24.5. The summed E-state index contributed by atoms with van der Waals surface area (Å²) in [6.07, 6.45) is 7.42. The Bertz CT molecular complexity index is 936. The topological polar surface area (TPSA) is 49.9 Å². The summed E-state index contributed by atoms with van der Waals surface area (Å²) >= 11 is 0. The number of hydrogen-bond acceptors (Lipinski definition) is 3. The lowest BCUT2D eigenvalue weighted by molar-refractivity contribution is -0.149. The third-order valence-corrected chi connectivity index (χ3v) is 6.23. The Kier molecular flexibility index (Phi) is 4.38. The van der Waals surface area contributed by atoms with Crippen molar-refractivity contribution in [3.05, 3.63) is 59.7 Å². The van der Waals surface area contributed by atoms with E-state index in [-0.39, 0.29) is 30.2 Å². The second kappa shape index (κ2) is 7.07. The molecule has 2 bridgehead atoms. The molecule has 5 rings (SSSR count). The number of rotatable bonds is 1. The number of carbonyl (C=O) groups is 2. The minimum Gasteiger partial charge on any atom is -0.462 e. The maximum Gasteiger partial charge on any atom is 0.329 e. The highest BCUT2D eigenvalue weighted by molar-refractivity contribution is 6.05. The summed E-state index contributed by atoms with van der Waals surface area (Å²) in [5.74, 6) is -0.240. The van der Waals surface area contributed by atoms with Gasteiger partial charge in [0.05, 0.1) is 11.4 Å². The number of anilines is 2.